The number of rotatable bonds is 4. The molecule has 34 heavy (non-hydrogen) atoms. The van der Waals surface area contributed by atoms with Crippen LogP contribution in [0.2, 0.25) is 0 Å². The number of hydrogen-bond acceptors (Lipinski definition) is 5. The average Bonchev–Trinajstić information content (AvgIpc) is 3.29. The fourth-order valence-corrected chi connectivity index (χ4v) is 5.90. The van der Waals surface area contributed by atoms with Gasteiger partial charge in [-0.1, -0.05) is 31.4 Å². The first-order valence-electron chi connectivity index (χ1n) is 13.1. The molecule has 1 aromatic heterocycles. The number of piperidine rings is 1. The minimum Gasteiger partial charge on any atom is -0.450 e. The Balaban J connectivity index is 1.30. The lowest BCUT2D eigenvalue weighted by Crippen LogP contribution is -2.54. The van der Waals surface area contributed by atoms with Gasteiger partial charge in [-0.15, -0.1) is 0 Å². The van der Waals surface area contributed by atoms with Crippen molar-refractivity contribution in [2.75, 3.05) is 50.8 Å². The summed E-state index contributed by atoms with van der Waals surface area (Å²) in [6.07, 6.45) is 7.90. The summed E-state index contributed by atoms with van der Waals surface area (Å²) in [6, 6.07) is 8.95. The van der Waals surface area contributed by atoms with E-state index in [9.17, 15) is 9.59 Å². The van der Waals surface area contributed by atoms with Crippen molar-refractivity contribution in [1.29, 1.82) is 0 Å². The number of anilines is 1. The molecule has 3 aliphatic rings. The van der Waals surface area contributed by atoms with Crippen LogP contribution in [0.1, 0.15) is 57.9 Å². The van der Waals surface area contributed by atoms with Gasteiger partial charge in [0.2, 0.25) is 11.9 Å². The zero-order chi connectivity index (χ0) is 23.5. The molecular weight excluding hydrogens is 430 g/mol. The number of aromatic nitrogens is 2. The lowest BCUT2D eigenvalue weighted by Gasteiger charge is -2.39. The van der Waals surface area contributed by atoms with Gasteiger partial charge in [-0.2, -0.15) is 0 Å². The molecule has 0 radical (unpaired) electrons. The summed E-state index contributed by atoms with van der Waals surface area (Å²) in [5.41, 5.74) is 2.26. The number of hydrogen-bond donors (Lipinski definition) is 0. The fraction of sp³-hybridized carbons (Fsp3) is 0.654. The number of benzene rings is 1. The fourth-order valence-electron chi connectivity index (χ4n) is 5.90. The molecule has 3 fully saturated rings. The van der Waals surface area contributed by atoms with Crippen LogP contribution in [0.5, 0.6) is 0 Å². The highest BCUT2D eigenvalue weighted by Crippen LogP contribution is 2.36. The van der Waals surface area contributed by atoms with Crippen molar-refractivity contribution in [3.8, 4) is 0 Å². The third kappa shape index (κ3) is 4.59. The van der Waals surface area contributed by atoms with Crippen LogP contribution in [0, 0.1) is 5.92 Å². The Labute approximate surface area is 201 Å². The van der Waals surface area contributed by atoms with Gasteiger partial charge in [0, 0.05) is 45.3 Å². The number of imidazole rings is 1. The second-order valence-electron chi connectivity index (χ2n) is 9.86. The molecule has 2 aromatic rings. The second kappa shape index (κ2) is 10.2. The first-order valence-corrected chi connectivity index (χ1v) is 13.1. The van der Waals surface area contributed by atoms with Gasteiger partial charge in [0.25, 0.3) is 0 Å². The summed E-state index contributed by atoms with van der Waals surface area (Å²) in [4.78, 5) is 36.5. The summed E-state index contributed by atoms with van der Waals surface area (Å²) in [5.74, 6) is 1.23. The molecule has 8 heteroatoms. The minimum absolute atomic E-state index is 0.0255. The number of carbonyl (C=O) groups is 2. The Hall–Kier alpha value is -2.77. The Bertz CT molecular complexity index is 1010. The summed E-state index contributed by atoms with van der Waals surface area (Å²) in [5, 5.41) is 0. The summed E-state index contributed by atoms with van der Waals surface area (Å²) >= 11 is 0. The Kier molecular flexibility index (Phi) is 6.92. The molecule has 3 heterocycles. The van der Waals surface area contributed by atoms with Crippen molar-refractivity contribution in [1.82, 2.24) is 19.4 Å². The van der Waals surface area contributed by atoms with Gasteiger partial charge >= 0.3 is 6.09 Å². The van der Waals surface area contributed by atoms with E-state index in [1.807, 2.05) is 11.8 Å². The number of amides is 2. The Morgan fingerprint density at radius 3 is 2.44 bits per heavy atom. The van der Waals surface area contributed by atoms with Crippen LogP contribution in [0.3, 0.4) is 0 Å². The van der Waals surface area contributed by atoms with E-state index in [4.69, 9.17) is 9.72 Å². The average molecular weight is 468 g/mol. The van der Waals surface area contributed by atoms with Gasteiger partial charge in [-0.3, -0.25) is 4.79 Å². The Morgan fingerprint density at radius 1 is 0.941 bits per heavy atom. The molecule has 1 atom stereocenters. The van der Waals surface area contributed by atoms with Gasteiger partial charge in [0.15, 0.2) is 0 Å². The lowest BCUT2D eigenvalue weighted by molar-refractivity contribution is -0.137. The van der Waals surface area contributed by atoms with E-state index in [-0.39, 0.29) is 17.9 Å². The quantitative estimate of drug-likeness (QED) is 0.678. The molecule has 1 saturated carbocycles. The zero-order valence-electron chi connectivity index (χ0n) is 20.3. The molecule has 8 nitrogen and oxygen atoms in total. The van der Waals surface area contributed by atoms with E-state index in [0.717, 1.165) is 30.9 Å². The predicted octanol–water partition coefficient (Wildman–Crippen LogP) is 4.06. The third-order valence-corrected chi connectivity index (χ3v) is 7.69. The predicted molar refractivity (Wildman–Crippen MR) is 132 cm³/mol. The van der Waals surface area contributed by atoms with Crippen molar-refractivity contribution in [3.63, 3.8) is 0 Å². The molecule has 0 N–H and O–H groups in total. The van der Waals surface area contributed by atoms with Gasteiger partial charge in [0.05, 0.1) is 23.6 Å². The molecule has 2 amide bonds. The Morgan fingerprint density at radius 2 is 1.68 bits per heavy atom. The van der Waals surface area contributed by atoms with Crippen molar-refractivity contribution in [3.05, 3.63) is 24.3 Å². The maximum absolute atomic E-state index is 13.4. The summed E-state index contributed by atoms with van der Waals surface area (Å²) in [7, 11) is 0. The van der Waals surface area contributed by atoms with Crippen LogP contribution in [-0.4, -0.2) is 77.2 Å². The van der Waals surface area contributed by atoms with Crippen LogP contribution in [0.4, 0.5) is 10.7 Å². The monoisotopic (exact) mass is 467 g/mol. The first kappa shape index (κ1) is 23.0. The normalized spacial score (nSPS) is 22.3. The summed E-state index contributed by atoms with van der Waals surface area (Å²) < 4.78 is 7.58. The van der Waals surface area contributed by atoms with Crippen LogP contribution in [-0.2, 0) is 9.53 Å². The molecule has 1 unspecified atom stereocenters. The van der Waals surface area contributed by atoms with Crippen LogP contribution < -0.4 is 4.90 Å². The van der Waals surface area contributed by atoms with Crippen LogP contribution in [0.15, 0.2) is 24.3 Å². The summed E-state index contributed by atoms with van der Waals surface area (Å²) in [6.45, 7) is 6.08. The number of nitrogens with zero attached hydrogens (tertiary/aromatic N) is 5. The van der Waals surface area contributed by atoms with Gasteiger partial charge in [0.1, 0.15) is 0 Å². The lowest BCUT2D eigenvalue weighted by atomic mass is 9.94. The maximum Gasteiger partial charge on any atom is 0.409 e. The highest BCUT2D eigenvalue weighted by atomic mass is 16.6. The number of para-hydroxylation sites is 2. The van der Waals surface area contributed by atoms with Crippen molar-refractivity contribution in [2.24, 2.45) is 5.92 Å². The van der Waals surface area contributed by atoms with Gasteiger partial charge in [-0.05, 0) is 44.7 Å². The number of carbonyl (C=O) groups excluding carboxylic acids is 2. The highest BCUT2D eigenvalue weighted by molar-refractivity contribution is 5.81. The number of fused-ring (bicyclic) bond motifs is 1. The highest BCUT2D eigenvalue weighted by Gasteiger charge is 2.34. The van der Waals surface area contributed by atoms with Gasteiger partial charge < -0.3 is 24.0 Å². The topological polar surface area (TPSA) is 70.9 Å². The number of ether oxygens (including phenoxy) is 1. The molecule has 0 bridgehead atoms. The molecule has 184 valence electrons. The maximum atomic E-state index is 13.4. The van der Waals surface area contributed by atoms with E-state index in [1.165, 1.54) is 37.6 Å². The standard InChI is InChI=1S/C26H37N5O3/c1-2-34-26(33)29-17-15-28(16-18-29)24(32)20-9-8-14-30(19-20)25-27-22-12-6-7-13-23(22)31(25)21-10-4-3-5-11-21/h6-7,12-13,20-21H,2-5,8-11,14-19H2,1H3. The van der Waals surface area contributed by atoms with Crippen LogP contribution in [0.25, 0.3) is 11.0 Å². The van der Waals surface area contributed by atoms with Gasteiger partial charge in [-0.25, -0.2) is 9.78 Å². The smallest absolute Gasteiger partial charge is 0.409 e. The van der Waals surface area contributed by atoms with E-state index in [0.29, 0.717) is 45.4 Å². The molecular formula is C26H37N5O3. The van der Waals surface area contributed by atoms with Crippen LogP contribution >= 0.6 is 0 Å². The molecule has 1 aliphatic carbocycles. The van der Waals surface area contributed by atoms with E-state index in [1.54, 1.807) is 4.90 Å². The van der Waals surface area contributed by atoms with E-state index < -0.39 is 0 Å². The number of piperazine rings is 1. The molecule has 2 aliphatic heterocycles. The second-order valence-corrected chi connectivity index (χ2v) is 9.86. The molecule has 2 saturated heterocycles. The first-order chi connectivity index (χ1) is 16.7. The largest absolute Gasteiger partial charge is 0.450 e. The van der Waals surface area contributed by atoms with E-state index in [2.05, 4.69) is 33.7 Å². The van der Waals surface area contributed by atoms with Crippen molar-refractivity contribution >= 4 is 29.0 Å². The SMILES string of the molecule is CCOC(=O)N1CCN(C(=O)C2CCCN(c3nc4ccccc4n3C3CCCCC3)C2)CC1. The zero-order valence-corrected chi connectivity index (χ0v) is 20.3. The molecule has 0 spiro atoms. The third-order valence-electron chi connectivity index (χ3n) is 7.69. The molecule has 1 aromatic carbocycles. The van der Waals surface area contributed by atoms with E-state index >= 15 is 0 Å². The molecule has 5 rings (SSSR count). The van der Waals surface area contributed by atoms with Crippen molar-refractivity contribution < 1.29 is 14.3 Å². The van der Waals surface area contributed by atoms with Crippen molar-refractivity contribution in [2.45, 2.75) is 57.9 Å². The minimum atomic E-state index is -0.278.